The van der Waals surface area contributed by atoms with Crippen molar-refractivity contribution in [1.29, 1.82) is 0 Å². The molecule has 0 radical (unpaired) electrons. The number of thiazole rings is 1. The number of aromatic nitrogens is 1. The predicted molar refractivity (Wildman–Crippen MR) is 93.0 cm³/mol. The van der Waals surface area contributed by atoms with Crippen LogP contribution >= 0.6 is 11.3 Å². The van der Waals surface area contributed by atoms with Gasteiger partial charge in [0, 0.05) is 6.54 Å². The van der Waals surface area contributed by atoms with E-state index in [2.05, 4.69) is 15.0 Å². The van der Waals surface area contributed by atoms with Crippen molar-refractivity contribution in [3.63, 3.8) is 0 Å². The third-order valence-electron chi connectivity index (χ3n) is 2.95. The molecule has 0 fully saturated rings. The highest BCUT2D eigenvalue weighted by molar-refractivity contribution is 7.14. The minimum Gasteiger partial charge on any atom is -0.484 e. The zero-order valence-electron chi connectivity index (χ0n) is 13.4. The van der Waals surface area contributed by atoms with Gasteiger partial charge in [-0.3, -0.25) is 4.79 Å². The molecule has 0 bridgehead atoms. The number of benzene rings is 1. The van der Waals surface area contributed by atoms with Gasteiger partial charge in [-0.1, -0.05) is 18.2 Å². The Morgan fingerprint density at radius 2 is 2.00 bits per heavy atom. The number of hydrogen-bond donors (Lipinski definition) is 1. The average Bonchev–Trinajstić information content (AvgIpc) is 3.07. The van der Waals surface area contributed by atoms with Crippen LogP contribution in [0.2, 0.25) is 0 Å². The minimum atomic E-state index is -0.388. The van der Waals surface area contributed by atoms with Gasteiger partial charge < -0.3 is 14.8 Å². The van der Waals surface area contributed by atoms with E-state index < -0.39 is 0 Å². The van der Waals surface area contributed by atoms with Gasteiger partial charge in [0.25, 0.3) is 5.91 Å². The third kappa shape index (κ3) is 5.20. The summed E-state index contributed by atoms with van der Waals surface area (Å²) in [7, 11) is 1.34. The zero-order valence-corrected chi connectivity index (χ0v) is 14.3. The van der Waals surface area contributed by atoms with Crippen molar-refractivity contribution in [2.24, 2.45) is 0 Å². The van der Waals surface area contributed by atoms with E-state index in [0.29, 0.717) is 22.2 Å². The highest BCUT2D eigenvalue weighted by Crippen LogP contribution is 2.18. The Morgan fingerprint density at radius 3 is 2.67 bits per heavy atom. The Morgan fingerprint density at radius 1 is 1.25 bits per heavy atom. The Hall–Kier alpha value is -2.67. The van der Waals surface area contributed by atoms with Crippen molar-refractivity contribution in [2.45, 2.75) is 6.92 Å². The van der Waals surface area contributed by atoms with Crippen molar-refractivity contribution in [3.05, 3.63) is 45.9 Å². The van der Waals surface area contributed by atoms with Crippen LogP contribution < -0.4 is 10.1 Å². The van der Waals surface area contributed by atoms with E-state index in [4.69, 9.17) is 4.74 Å². The van der Waals surface area contributed by atoms with Crippen molar-refractivity contribution >= 4 is 35.4 Å². The van der Waals surface area contributed by atoms with Gasteiger partial charge in [0.15, 0.2) is 6.61 Å². The Bertz CT molecular complexity index is 722. The van der Waals surface area contributed by atoms with Gasteiger partial charge in [0.2, 0.25) is 0 Å². The Balaban J connectivity index is 1.92. The average molecular weight is 346 g/mol. The molecule has 0 atom stereocenters. The summed E-state index contributed by atoms with van der Waals surface area (Å²) in [4.78, 5) is 27.3. The molecule has 7 heteroatoms. The number of ether oxygens (including phenoxy) is 2. The molecule has 1 aromatic carbocycles. The second kappa shape index (κ2) is 8.83. The van der Waals surface area contributed by atoms with Gasteiger partial charge in [0.1, 0.15) is 15.6 Å². The SMILES string of the molecule is CCNC(=O)COc1ccc(C=Cc2ncc(C(=O)OC)s2)cc1. The quantitative estimate of drug-likeness (QED) is 0.780. The fourth-order valence-corrected chi connectivity index (χ4v) is 2.54. The number of amides is 1. The van der Waals surface area contributed by atoms with Crippen molar-refractivity contribution < 1.29 is 19.1 Å². The topological polar surface area (TPSA) is 77.5 Å². The second-order valence-electron chi connectivity index (χ2n) is 4.70. The van der Waals surface area contributed by atoms with Crippen LogP contribution in [-0.2, 0) is 9.53 Å². The van der Waals surface area contributed by atoms with Crippen molar-refractivity contribution in [1.82, 2.24) is 10.3 Å². The number of esters is 1. The maximum atomic E-state index is 11.4. The standard InChI is InChI=1S/C17H18N2O4S/c1-3-18-15(20)11-23-13-7-4-12(5-8-13)6-9-16-19-10-14(24-16)17(21)22-2/h4-10H,3,11H2,1-2H3,(H,18,20). The van der Waals surface area contributed by atoms with Crippen LogP contribution in [0.15, 0.2) is 30.5 Å². The Labute approximate surface area is 144 Å². The van der Waals surface area contributed by atoms with Gasteiger partial charge in [0.05, 0.1) is 13.3 Å². The molecule has 0 aliphatic rings. The molecule has 126 valence electrons. The summed E-state index contributed by atoms with van der Waals surface area (Å²) in [5.74, 6) is 0.0908. The third-order valence-corrected chi connectivity index (χ3v) is 3.90. The van der Waals surface area contributed by atoms with Gasteiger partial charge in [-0.15, -0.1) is 11.3 Å². The molecule has 0 saturated carbocycles. The van der Waals surface area contributed by atoms with Crippen LogP contribution in [0.1, 0.15) is 27.2 Å². The van der Waals surface area contributed by atoms with Crippen LogP contribution in [0.3, 0.4) is 0 Å². The number of carbonyl (C=O) groups excluding carboxylic acids is 2. The lowest BCUT2D eigenvalue weighted by atomic mass is 10.2. The largest absolute Gasteiger partial charge is 0.484 e. The molecule has 1 aromatic heterocycles. The highest BCUT2D eigenvalue weighted by Gasteiger charge is 2.08. The van der Waals surface area contributed by atoms with Crippen molar-refractivity contribution in [2.75, 3.05) is 20.3 Å². The zero-order chi connectivity index (χ0) is 17.4. The molecular weight excluding hydrogens is 328 g/mol. The molecule has 1 N–H and O–H groups in total. The van der Waals surface area contributed by atoms with Crippen LogP contribution in [-0.4, -0.2) is 37.1 Å². The van der Waals surface area contributed by atoms with E-state index in [1.54, 1.807) is 12.1 Å². The number of nitrogens with one attached hydrogen (secondary N) is 1. The molecule has 2 aromatic rings. The molecule has 1 heterocycles. The number of rotatable bonds is 7. The monoisotopic (exact) mass is 346 g/mol. The first-order chi connectivity index (χ1) is 11.6. The molecule has 24 heavy (non-hydrogen) atoms. The lowest BCUT2D eigenvalue weighted by Gasteiger charge is -2.06. The highest BCUT2D eigenvalue weighted by atomic mass is 32.1. The summed E-state index contributed by atoms with van der Waals surface area (Å²) in [6.07, 6.45) is 5.20. The Kier molecular flexibility index (Phi) is 6.51. The first-order valence-electron chi connectivity index (χ1n) is 7.34. The van der Waals surface area contributed by atoms with Crippen LogP contribution in [0.5, 0.6) is 5.75 Å². The number of carbonyl (C=O) groups is 2. The number of hydrogen-bond acceptors (Lipinski definition) is 6. The summed E-state index contributed by atoms with van der Waals surface area (Å²) in [5, 5.41) is 3.38. The summed E-state index contributed by atoms with van der Waals surface area (Å²) >= 11 is 1.26. The molecular formula is C17H18N2O4S. The van der Waals surface area contributed by atoms with E-state index in [1.165, 1.54) is 24.6 Å². The fraction of sp³-hybridized carbons (Fsp3) is 0.235. The van der Waals surface area contributed by atoms with Gasteiger partial charge in [-0.2, -0.15) is 0 Å². The first-order valence-corrected chi connectivity index (χ1v) is 8.15. The summed E-state index contributed by atoms with van der Waals surface area (Å²) < 4.78 is 10.0. The maximum Gasteiger partial charge on any atom is 0.349 e. The lowest BCUT2D eigenvalue weighted by molar-refractivity contribution is -0.122. The molecule has 1 amide bonds. The summed E-state index contributed by atoms with van der Waals surface area (Å²) in [6.45, 7) is 2.44. The van der Waals surface area contributed by atoms with Gasteiger partial charge in [-0.25, -0.2) is 9.78 Å². The maximum absolute atomic E-state index is 11.4. The smallest absolute Gasteiger partial charge is 0.349 e. The van der Waals surface area contributed by atoms with Gasteiger partial charge in [-0.05, 0) is 30.7 Å². The molecule has 0 aliphatic heterocycles. The minimum absolute atomic E-state index is 0.00154. The van der Waals surface area contributed by atoms with E-state index >= 15 is 0 Å². The lowest BCUT2D eigenvalue weighted by Crippen LogP contribution is -2.28. The molecule has 0 saturated heterocycles. The van der Waals surface area contributed by atoms with E-state index in [-0.39, 0.29) is 18.5 Å². The van der Waals surface area contributed by atoms with E-state index in [1.807, 2.05) is 31.2 Å². The normalized spacial score (nSPS) is 10.6. The molecule has 0 aliphatic carbocycles. The fourth-order valence-electron chi connectivity index (χ4n) is 1.80. The second-order valence-corrected chi connectivity index (χ2v) is 5.76. The molecule has 6 nitrogen and oxygen atoms in total. The van der Waals surface area contributed by atoms with Crippen LogP contribution in [0, 0.1) is 0 Å². The van der Waals surface area contributed by atoms with Crippen molar-refractivity contribution in [3.8, 4) is 5.75 Å². The van der Waals surface area contributed by atoms with E-state index in [0.717, 1.165) is 5.56 Å². The van der Waals surface area contributed by atoms with Crippen LogP contribution in [0.25, 0.3) is 12.2 Å². The van der Waals surface area contributed by atoms with Gasteiger partial charge >= 0.3 is 5.97 Å². The number of nitrogens with zero attached hydrogens (tertiary/aromatic N) is 1. The summed E-state index contributed by atoms with van der Waals surface area (Å²) in [6, 6.07) is 7.33. The molecule has 2 rings (SSSR count). The summed E-state index contributed by atoms with van der Waals surface area (Å²) in [5.41, 5.74) is 0.954. The molecule has 0 unspecified atom stereocenters. The number of likely N-dealkylation sites (N-methyl/N-ethyl adjacent to an activating group) is 1. The molecule has 0 spiro atoms. The number of methoxy groups -OCH3 is 1. The first kappa shape index (κ1) is 17.7. The van der Waals surface area contributed by atoms with E-state index in [9.17, 15) is 9.59 Å². The predicted octanol–water partition coefficient (Wildman–Crippen LogP) is 2.62. The van der Waals surface area contributed by atoms with Crippen LogP contribution in [0.4, 0.5) is 0 Å².